The number of benzene rings is 1. The summed E-state index contributed by atoms with van der Waals surface area (Å²) in [6.45, 7) is 0.991. The molecule has 6 heteroatoms. The Morgan fingerprint density at radius 1 is 1.13 bits per heavy atom. The number of nitrogens with one attached hydrogen (secondary N) is 1. The van der Waals surface area contributed by atoms with E-state index in [0.717, 1.165) is 18.4 Å². The standard InChI is InChI=1S/C17H23N3O2S/c21-23(22,13-10-15-6-2-1-3-7-15)19-11-12-20-17-9-5-4-8-16(17)14-18-20/h1-3,6-7,14,19H,4-5,8-13H2. The van der Waals surface area contributed by atoms with Gasteiger partial charge in [-0.05, 0) is 43.2 Å². The van der Waals surface area contributed by atoms with E-state index in [4.69, 9.17) is 0 Å². The second-order valence-corrected chi connectivity index (χ2v) is 7.92. The SMILES string of the molecule is O=S(=O)(CCc1ccccc1)NCCn1ncc2c1CCCC2. The van der Waals surface area contributed by atoms with Crippen molar-refractivity contribution in [3.05, 3.63) is 53.3 Å². The van der Waals surface area contributed by atoms with E-state index in [1.807, 2.05) is 41.2 Å². The number of hydrogen-bond donors (Lipinski definition) is 1. The van der Waals surface area contributed by atoms with Crippen molar-refractivity contribution in [1.29, 1.82) is 0 Å². The van der Waals surface area contributed by atoms with Gasteiger partial charge >= 0.3 is 0 Å². The van der Waals surface area contributed by atoms with Crippen molar-refractivity contribution in [2.24, 2.45) is 0 Å². The Morgan fingerprint density at radius 2 is 1.91 bits per heavy atom. The second kappa shape index (κ2) is 7.27. The normalized spacial score (nSPS) is 14.6. The van der Waals surface area contributed by atoms with E-state index < -0.39 is 10.0 Å². The molecular weight excluding hydrogens is 310 g/mol. The molecule has 0 spiro atoms. The van der Waals surface area contributed by atoms with E-state index in [-0.39, 0.29) is 5.75 Å². The van der Waals surface area contributed by atoms with E-state index in [9.17, 15) is 8.42 Å². The molecule has 0 fully saturated rings. The van der Waals surface area contributed by atoms with Crippen molar-refractivity contribution in [1.82, 2.24) is 14.5 Å². The molecule has 23 heavy (non-hydrogen) atoms. The average Bonchev–Trinajstić information content (AvgIpc) is 2.97. The molecule has 124 valence electrons. The summed E-state index contributed by atoms with van der Waals surface area (Å²) in [6.07, 6.45) is 7.03. The first-order chi connectivity index (χ1) is 11.1. The third-order valence-corrected chi connectivity index (χ3v) is 5.68. The molecule has 0 bridgehead atoms. The number of fused-ring (bicyclic) bond motifs is 1. The molecule has 1 N–H and O–H groups in total. The van der Waals surface area contributed by atoms with Gasteiger partial charge in [-0.15, -0.1) is 0 Å². The Kier molecular flexibility index (Phi) is 5.13. The lowest BCUT2D eigenvalue weighted by Crippen LogP contribution is -2.31. The zero-order chi connectivity index (χ0) is 16.1. The fraction of sp³-hybridized carbons (Fsp3) is 0.471. The van der Waals surface area contributed by atoms with Crippen LogP contribution in [0.25, 0.3) is 0 Å². The van der Waals surface area contributed by atoms with Crippen LogP contribution in [0.5, 0.6) is 0 Å². The molecule has 0 aliphatic heterocycles. The minimum Gasteiger partial charge on any atom is -0.268 e. The van der Waals surface area contributed by atoms with Crippen LogP contribution in [-0.2, 0) is 35.8 Å². The highest BCUT2D eigenvalue weighted by Gasteiger charge is 2.15. The number of hydrogen-bond acceptors (Lipinski definition) is 3. The number of rotatable bonds is 7. The van der Waals surface area contributed by atoms with Gasteiger partial charge in [-0.2, -0.15) is 5.10 Å². The molecule has 1 aliphatic rings. The molecular formula is C17H23N3O2S. The van der Waals surface area contributed by atoms with Crippen LogP contribution in [-0.4, -0.2) is 30.5 Å². The Morgan fingerprint density at radius 3 is 2.74 bits per heavy atom. The summed E-state index contributed by atoms with van der Waals surface area (Å²) in [5.74, 6) is 0.119. The molecule has 1 heterocycles. The quantitative estimate of drug-likeness (QED) is 0.842. The molecule has 0 radical (unpaired) electrons. The van der Waals surface area contributed by atoms with Crippen molar-refractivity contribution >= 4 is 10.0 Å². The first kappa shape index (κ1) is 16.2. The van der Waals surface area contributed by atoms with Gasteiger partial charge in [0.2, 0.25) is 10.0 Å². The van der Waals surface area contributed by atoms with Gasteiger partial charge < -0.3 is 0 Å². The molecule has 1 aromatic heterocycles. The summed E-state index contributed by atoms with van der Waals surface area (Å²) in [6, 6.07) is 9.69. The molecule has 3 rings (SSSR count). The molecule has 0 unspecified atom stereocenters. The first-order valence-electron chi connectivity index (χ1n) is 8.19. The second-order valence-electron chi connectivity index (χ2n) is 6.00. The van der Waals surface area contributed by atoms with E-state index in [0.29, 0.717) is 19.5 Å². The molecule has 1 aromatic carbocycles. The summed E-state index contributed by atoms with van der Waals surface area (Å²) in [4.78, 5) is 0. The molecule has 0 saturated heterocycles. The van der Waals surface area contributed by atoms with Crippen LogP contribution in [0.15, 0.2) is 36.5 Å². The van der Waals surface area contributed by atoms with Gasteiger partial charge in [-0.3, -0.25) is 4.68 Å². The lowest BCUT2D eigenvalue weighted by atomic mass is 9.98. The first-order valence-corrected chi connectivity index (χ1v) is 9.84. The smallest absolute Gasteiger partial charge is 0.211 e. The molecule has 0 atom stereocenters. The molecule has 2 aromatic rings. The van der Waals surface area contributed by atoms with Crippen LogP contribution in [0.1, 0.15) is 29.7 Å². The Labute approximate surface area is 137 Å². The van der Waals surface area contributed by atoms with Gasteiger partial charge in [0.05, 0.1) is 18.5 Å². The van der Waals surface area contributed by atoms with Crippen molar-refractivity contribution < 1.29 is 8.42 Å². The van der Waals surface area contributed by atoms with Crippen molar-refractivity contribution in [3.8, 4) is 0 Å². The van der Waals surface area contributed by atoms with Crippen molar-refractivity contribution in [2.45, 2.75) is 38.6 Å². The predicted octanol–water partition coefficient (Wildman–Crippen LogP) is 1.92. The zero-order valence-electron chi connectivity index (χ0n) is 13.2. The number of sulfonamides is 1. The van der Waals surface area contributed by atoms with Crippen LogP contribution in [0.2, 0.25) is 0 Å². The van der Waals surface area contributed by atoms with Gasteiger partial charge in [0.1, 0.15) is 0 Å². The summed E-state index contributed by atoms with van der Waals surface area (Å²) in [5, 5.41) is 4.39. The van der Waals surface area contributed by atoms with Gasteiger partial charge in [-0.25, -0.2) is 13.1 Å². The van der Waals surface area contributed by atoms with Crippen LogP contribution >= 0.6 is 0 Å². The minimum atomic E-state index is -3.25. The number of aryl methyl sites for hydroxylation is 2. The highest BCUT2D eigenvalue weighted by Crippen LogP contribution is 2.20. The van der Waals surface area contributed by atoms with Gasteiger partial charge in [0, 0.05) is 12.2 Å². The lowest BCUT2D eigenvalue weighted by Gasteiger charge is -2.14. The topological polar surface area (TPSA) is 64.0 Å². The zero-order valence-corrected chi connectivity index (χ0v) is 14.1. The fourth-order valence-corrected chi connectivity index (χ4v) is 4.08. The Bertz CT molecular complexity index is 738. The van der Waals surface area contributed by atoms with Crippen LogP contribution in [0.3, 0.4) is 0 Å². The predicted molar refractivity (Wildman–Crippen MR) is 90.8 cm³/mol. The molecule has 0 saturated carbocycles. The Hall–Kier alpha value is -1.66. The minimum absolute atomic E-state index is 0.119. The van der Waals surface area contributed by atoms with E-state index in [2.05, 4.69) is 9.82 Å². The van der Waals surface area contributed by atoms with Gasteiger partial charge in [0.15, 0.2) is 0 Å². The fourth-order valence-electron chi connectivity index (χ4n) is 3.02. The van der Waals surface area contributed by atoms with Crippen molar-refractivity contribution in [2.75, 3.05) is 12.3 Å². The highest BCUT2D eigenvalue weighted by molar-refractivity contribution is 7.89. The Balaban J connectivity index is 1.48. The maximum Gasteiger partial charge on any atom is 0.211 e. The average molecular weight is 333 g/mol. The van der Waals surface area contributed by atoms with Crippen LogP contribution in [0.4, 0.5) is 0 Å². The lowest BCUT2D eigenvalue weighted by molar-refractivity contribution is 0.538. The summed E-state index contributed by atoms with van der Waals surface area (Å²) >= 11 is 0. The summed E-state index contributed by atoms with van der Waals surface area (Å²) < 4.78 is 28.8. The largest absolute Gasteiger partial charge is 0.268 e. The van der Waals surface area contributed by atoms with Gasteiger partial charge in [-0.1, -0.05) is 30.3 Å². The molecule has 5 nitrogen and oxygen atoms in total. The van der Waals surface area contributed by atoms with E-state index in [1.165, 1.54) is 24.1 Å². The van der Waals surface area contributed by atoms with E-state index in [1.54, 1.807) is 0 Å². The maximum absolute atomic E-state index is 12.1. The number of aromatic nitrogens is 2. The summed E-state index contributed by atoms with van der Waals surface area (Å²) in [7, 11) is -3.25. The van der Waals surface area contributed by atoms with Crippen molar-refractivity contribution in [3.63, 3.8) is 0 Å². The van der Waals surface area contributed by atoms with Crippen LogP contribution < -0.4 is 4.72 Å². The van der Waals surface area contributed by atoms with Crippen LogP contribution in [0, 0.1) is 0 Å². The highest BCUT2D eigenvalue weighted by atomic mass is 32.2. The molecule has 0 amide bonds. The van der Waals surface area contributed by atoms with Gasteiger partial charge in [0.25, 0.3) is 0 Å². The van der Waals surface area contributed by atoms with E-state index >= 15 is 0 Å². The molecule has 1 aliphatic carbocycles. The monoisotopic (exact) mass is 333 g/mol. The third-order valence-electron chi connectivity index (χ3n) is 4.29. The maximum atomic E-state index is 12.1. The third kappa shape index (κ3) is 4.42. The summed E-state index contributed by atoms with van der Waals surface area (Å²) in [5.41, 5.74) is 3.64. The number of nitrogens with zero attached hydrogens (tertiary/aromatic N) is 2.